The van der Waals surface area contributed by atoms with Crippen LogP contribution >= 0.6 is 34.8 Å². The number of nitrogens with one attached hydrogen (secondary N) is 1. The summed E-state index contributed by atoms with van der Waals surface area (Å²) >= 11 is 16.1. The molecule has 0 aromatic rings. The lowest BCUT2D eigenvalue weighted by atomic mass is 10.0. The summed E-state index contributed by atoms with van der Waals surface area (Å²) in [7, 11) is 0. The van der Waals surface area contributed by atoms with Gasteiger partial charge in [0.05, 0.1) is 12.6 Å². The Morgan fingerprint density at radius 2 is 1.88 bits per heavy atom. The summed E-state index contributed by atoms with van der Waals surface area (Å²) in [6, 6.07) is -0.729. The van der Waals surface area contributed by atoms with Gasteiger partial charge >= 0.3 is 12.2 Å². The molecule has 1 unspecified atom stereocenters. The van der Waals surface area contributed by atoms with Gasteiger partial charge < -0.3 is 14.4 Å². The minimum Gasteiger partial charge on any atom is -0.444 e. The first kappa shape index (κ1) is 22.4. The van der Waals surface area contributed by atoms with Crippen molar-refractivity contribution in [3.8, 4) is 0 Å². The predicted molar refractivity (Wildman–Crippen MR) is 94.1 cm³/mol. The first-order valence-corrected chi connectivity index (χ1v) is 8.58. The van der Waals surface area contributed by atoms with E-state index in [0.29, 0.717) is 0 Å². The number of ether oxygens (including phenoxy) is 2. The molecule has 26 heavy (non-hydrogen) atoms. The summed E-state index contributed by atoms with van der Waals surface area (Å²) in [5.41, 5.74) is 7.94. The van der Waals surface area contributed by atoms with Crippen molar-refractivity contribution in [2.24, 2.45) is 5.11 Å². The number of likely N-dealkylation sites (tertiary alicyclic amines) is 1. The molecular formula is C13H18Cl3N5O5. The summed E-state index contributed by atoms with van der Waals surface area (Å²) in [4.78, 5) is 39.5. The molecule has 1 N–H and O–H groups in total. The van der Waals surface area contributed by atoms with Crippen LogP contribution in [0.15, 0.2) is 5.11 Å². The summed E-state index contributed by atoms with van der Waals surface area (Å²) in [6.45, 7) is 5.28. The highest BCUT2D eigenvalue weighted by Crippen LogP contribution is 2.26. The number of hydrogen-bond acceptors (Lipinski definition) is 6. The molecule has 0 aromatic carbocycles. The van der Waals surface area contributed by atoms with Crippen LogP contribution in [-0.2, 0) is 14.3 Å². The van der Waals surface area contributed by atoms with E-state index in [4.69, 9.17) is 49.8 Å². The van der Waals surface area contributed by atoms with Crippen LogP contribution in [0.3, 0.4) is 0 Å². The molecule has 0 aromatic heterocycles. The number of halogens is 3. The highest BCUT2D eigenvalue weighted by Gasteiger charge is 2.37. The number of amides is 3. The number of alkyl halides is 3. The third kappa shape index (κ3) is 7.33. The molecule has 2 atom stereocenters. The van der Waals surface area contributed by atoms with Crippen molar-refractivity contribution >= 4 is 52.9 Å². The molecule has 146 valence electrons. The third-order valence-corrected chi connectivity index (χ3v) is 3.62. The van der Waals surface area contributed by atoms with E-state index >= 15 is 0 Å². The SMILES string of the molecule is CC(C)(C)OC(=O)N1CCC(N=[N+]=[N-])[C@@H](OC(=O)NC(=O)C(Cl)(Cl)Cl)C1. The lowest BCUT2D eigenvalue weighted by Gasteiger charge is -2.36. The largest absolute Gasteiger partial charge is 0.444 e. The molecule has 13 heteroatoms. The second kappa shape index (κ2) is 8.85. The molecule has 10 nitrogen and oxygen atoms in total. The van der Waals surface area contributed by atoms with E-state index in [1.807, 2.05) is 0 Å². The number of piperidine rings is 1. The number of alkyl carbamates (subject to hydrolysis) is 1. The van der Waals surface area contributed by atoms with Gasteiger partial charge in [0.25, 0.3) is 9.70 Å². The van der Waals surface area contributed by atoms with Gasteiger partial charge in [-0.1, -0.05) is 39.9 Å². The van der Waals surface area contributed by atoms with Crippen LogP contribution in [0.1, 0.15) is 27.2 Å². The lowest BCUT2D eigenvalue weighted by molar-refractivity contribution is -0.119. The monoisotopic (exact) mass is 429 g/mol. The van der Waals surface area contributed by atoms with E-state index in [2.05, 4.69) is 10.0 Å². The van der Waals surface area contributed by atoms with Crippen molar-refractivity contribution in [3.63, 3.8) is 0 Å². The van der Waals surface area contributed by atoms with Crippen LogP contribution in [-0.4, -0.2) is 57.6 Å². The summed E-state index contributed by atoms with van der Waals surface area (Å²) in [5.74, 6) is -1.20. The maximum absolute atomic E-state index is 12.2. The number of hydrogen-bond donors (Lipinski definition) is 1. The van der Waals surface area contributed by atoms with Crippen molar-refractivity contribution in [2.45, 2.75) is 48.7 Å². The van der Waals surface area contributed by atoms with Crippen molar-refractivity contribution in [3.05, 3.63) is 10.4 Å². The van der Waals surface area contributed by atoms with E-state index in [1.54, 1.807) is 26.1 Å². The highest BCUT2D eigenvalue weighted by atomic mass is 35.6. The van der Waals surface area contributed by atoms with Gasteiger partial charge in [0, 0.05) is 11.5 Å². The zero-order chi connectivity index (χ0) is 20.1. The molecule has 0 aliphatic carbocycles. The Morgan fingerprint density at radius 1 is 1.27 bits per heavy atom. The molecule has 0 bridgehead atoms. The smallest absolute Gasteiger partial charge is 0.414 e. The van der Waals surface area contributed by atoms with Gasteiger partial charge in [0.1, 0.15) is 11.7 Å². The van der Waals surface area contributed by atoms with E-state index in [1.165, 1.54) is 4.90 Å². The van der Waals surface area contributed by atoms with Crippen LogP contribution < -0.4 is 5.32 Å². The van der Waals surface area contributed by atoms with Crippen LogP contribution in [0.4, 0.5) is 9.59 Å². The highest BCUT2D eigenvalue weighted by molar-refractivity contribution is 6.76. The minimum atomic E-state index is -2.35. The number of carbonyl (C=O) groups is 3. The first-order chi connectivity index (χ1) is 11.8. The van der Waals surface area contributed by atoms with Crippen molar-refractivity contribution in [1.29, 1.82) is 0 Å². The Morgan fingerprint density at radius 3 is 2.38 bits per heavy atom. The fraction of sp³-hybridized carbons (Fsp3) is 0.769. The third-order valence-electron chi connectivity index (χ3n) is 3.11. The molecule has 1 aliphatic rings. The molecule has 0 spiro atoms. The number of nitrogens with zero attached hydrogens (tertiary/aromatic N) is 4. The fourth-order valence-electron chi connectivity index (χ4n) is 2.04. The molecule has 0 radical (unpaired) electrons. The topological polar surface area (TPSA) is 134 Å². The molecule has 1 saturated heterocycles. The van der Waals surface area contributed by atoms with E-state index in [9.17, 15) is 14.4 Å². The molecular weight excluding hydrogens is 413 g/mol. The Hall–Kier alpha value is -1.61. The van der Waals surface area contributed by atoms with Gasteiger partial charge in [-0.05, 0) is 32.7 Å². The quantitative estimate of drug-likeness (QED) is 0.310. The first-order valence-electron chi connectivity index (χ1n) is 7.44. The van der Waals surface area contributed by atoms with Crippen molar-refractivity contribution in [1.82, 2.24) is 10.2 Å². The Kier molecular flexibility index (Phi) is 7.64. The fourth-order valence-corrected chi connectivity index (χ4v) is 2.18. The Balaban J connectivity index is 2.79. The van der Waals surface area contributed by atoms with E-state index in [0.717, 1.165) is 0 Å². The maximum Gasteiger partial charge on any atom is 0.414 e. The number of imide groups is 1. The van der Waals surface area contributed by atoms with E-state index < -0.39 is 39.6 Å². The molecule has 1 aliphatic heterocycles. The standard InChI is InChI=1S/C13H18Cl3N5O5/c1-12(2,3)26-11(24)21-5-4-7(19-20-17)8(6-21)25-10(23)18-9(22)13(14,15)16/h7-8H,4-6H2,1-3H3,(H,18,22,23)/t7?,8-/m0/s1. The Labute approximate surface area is 164 Å². The number of carbonyl (C=O) groups excluding carboxylic acids is 3. The molecule has 3 amide bonds. The second-order valence-electron chi connectivity index (χ2n) is 6.38. The Bertz CT molecular complexity index is 612. The average molecular weight is 431 g/mol. The summed E-state index contributed by atoms with van der Waals surface area (Å²) < 4.78 is 7.98. The zero-order valence-electron chi connectivity index (χ0n) is 14.2. The second-order valence-corrected chi connectivity index (χ2v) is 8.66. The van der Waals surface area contributed by atoms with Gasteiger partial charge in [-0.25, -0.2) is 9.59 Å². The van der Waals surface area contributed by atoms with E-state index in [-0.39, 0.29) is 19.5 Å². The van der Waals surface area contributed by atoms with Gasteiger partial charge in [-0.15, -0.1) is 0 Å². The molecule has 1 rings (SSSR count). The molecule has 1 fully saturated rings. The van der Waals surface area contributed by atoms with Gasteiger partial charge in [-0.3, -0.25) is 10.1 Å². The van der Waals surface area contributed by atoms with Crippen LogP contribution in [0, 0.1) is 0 Å². The minimum absolute atomic E-state index is 0.0893. The zero-order valence-corrected chi connectivity index (χ0v) is 16.5. The van der Waals surface area contributed by atoms with Crippen LogP contribution in [0.5, 0.6) is 0 Å². The van der Waals surface area contributed by atoms with Gasteiger partial charge in [0.2, 0.25) is 0 Å². The molecule has 0 saturated carbocycles. The van der Waals surface area contributed by atoms with Gasteiger partial charge in [-0.2, -0.15) is 0 Å². The number of rotatable bonds is 2. The predicted octanol–water partition coefficient (Wildman–Crippen LogP) is 3.30. The summed E-state index contributed by atoms with van der Waals surface area (Å²) in [5, 5.41) is 5.29. The van der Waals surface area contributed by atoms with Crippen LogP contribution in [0.25, 0.3) is 10.4 Å². The van der Waals surface area contributed by atoms with Crippen molar-refractivity contribution in [2.75, 3.05) is 13.1 Å². The van der Waals surface area contributed by atoms with Crippen LogP contribution in [0.2, 0.25) is 0 Å². The normalized spacial score (nSPS) is 20.6. The number of azide groups is 1. The summed E-state index contributed by atoms with van der Waals surface area (Å²) in [6.07, 6.45) is -2.58. The molecule has 1 heterocycles. The van der Waals surface area contributed by atoms with Gasteiger partial charge in [0.15, 0.2) is 0 Å². The average Bonchev–Trinajstić information content (AvgIpc) is 2.46. The lowest BCUT2D eigenvalue weighted by Crippen LogP contribution is -2.52. The maximum atomic E-state index is 12.2. The van der Waals surface area contributed by atoms with Crippen molar-refractivity contribution < 1.29 is 23.9 Å².